The Kier molecular flexibility index (Phi) is 5.30. The summed E-state index contributed by atoms with van der Waals surface area (Å²) in [7, 11) is 0. The lowest BCUT2D eigenvalue weighted by Gasteiger charge is -2.07. The molecule has 0 aromatic carbocycles. The predicted octanol–water partition coefficient (Wildman–Crippen LogP) is 1.64. The Bertz CT molecular complexity index is 361. The van der Waals surface area contributed by atoms with Gasteiger partial charge in [0, 0.05) is 31.5 Å². The monoisotopic (exact) mass is 249 g/mol. The normalized spacial score (nSPS) is 19.0. The highest BCUT2D eigenvalue weighted by Crippen LogP contribution is 2.13. The maximum atomic E-state index is 11.7. The van der Waals surface area contributed by atoms with Gasteiger partial charge in [-0.2, -0.15) is 0 Å². The molecule has 0 aliphatic carbocycles. The number of carbonyl (C=O) groups is 1. The first-order valence-corrected chi connectivity index (χ1v) is 6.43. The molecule has 1 saturated heterocycles. The Morgan fingerprint density at radius 3 is 3.00 bits per heavy atom. The van der Waals surface area contributed by atoms with Crippen molar-refractivity contribution < 1.29 is 14.3 Å². The van der Waals surface area contributed by atoms with E-state index in [9.17, 15) is 4.79 Å². The lowest BCUT2D eigenvalue weighted by molar-refractivity contribution is -0.127. The first-order chi connectivity index (χ1) is 8.86. The molecule has 1 unspecified atom stereocenters. The van der Waals surface area contributed by atoms with Crippen LogP contribution in [-0.2, 0) is 20.7 Å². The van der Waals surface area contributed by atoms with E-state index in [0.29, 0.717) is 19.8 Å². The fourth-order valence-electron chi connectivity index (χ4n) is 2.01. The van der Waals surface area contributed by atoms with E-state index in [0.717, 1.165) is 19.3 Å². The lowest BCUT2D eigenvalue weighted by atomic mass is 10.0. The molecular weight excluding hydrogens is 230 g/mol. The SMILES string of the molecule is O=C(COCCCc1ccncc1)C1CCOC1. The first kappa shape index (κ1) is 13.2. The van der Waals surface area contributed by atoms with Crippen LogP contribution in [0.3, 0.4) is 0 Å². The lowest BCUT2D eigenvalue weighted by Crippen LogP contribution is -2.20. The van der Waals surface area contributed by atoms with Crippen LogP contribution in [0.1, 0.15) is 18.4 Å². The minimum Gasteiger partial charge on any atom is -0.381 e. The number of ketones is 1. The molecule has 2 rings (SSSR count). The van der Waals surface area contributed by atoms with Gasteiger partial charge in [-0.05, 0) is 37.0 Å². The average Bonchev–Trinajstić information content (AvgIpc) is 2.93. The highest BCUT2D eigenvalue weighted by molar-refractivity contribution is 5.82. The Labute approximate surface area is 107 Å². The summed E-state index contributed by atoms with van der Waals surface area (Å²) < 4.78 is 10.6. The summed E-state index contributed by atoms with van der Waals surface area (Å²) in [5.74, 6) is 0.238. The molecule has 0 bridgehead atoms. The maximum absolute atomic E-state index is 11.7. The van der Waals surface area contributed by atoms with Gasteiger partial charge in [-0.1, -0.05) is 0 Å². The summed E-state index contributed by atoms with van der Waals surface area (Å²) in [6.07, 6.45) is 6.32. The van der Waals surface area contributed by atoms with Crippen LogP contribution < -0.4 is 0 Å². The van der Waals surface area contributed by atoms with Crippen LogP contribution >= 0.6 is 0 Å². The number of aryl methyl sites for hydroxylation is 1. The fraction of sp³-hybridized carbons (Fsp3) is 0.571. The number of pyridine rings is 1. The number of nitrogens with zero attached hydrogens (tertiary/aromatic N) is 1. The van der Waals surface area contributed by atoms with Crippen molar-refractivity contribution in [3.05, 3.63) is 30.1 Å². The topological polar surface area (TPSA) is 48.4 Å². The summed E-state index contributed by atoms with van der Waals surface area (Å²) in [4.78, 5) is 15.6. The zero-order valence-electron chi connectivity index (χ0n) is 10.5. The van der Waals surface area contributed by atoms with E-state index in [-0.39, 0.29) is 18.3 Å². The molecule has 0 saturated carbocycles. The van der Waals surface area contributed by atoms with Crippen molar-refractivity contribution in [2.75, 3.05) is 26.4 Å². The second kappa shape index (κ2) is 7.24. The van der Waals surface area contributed by atoms with Crippen LogP contribution in [-0.4, -0.2) is 37.2 Å². The van der Waals surface area contributed by atoms with E-state index in [1.807, 2.05) is 12.1 Å². The van der Waals surface area contributed by atoms with Gasteiger partial charge in [0.2, 0.25) is 0 Å². The number of Topliss-reactive ketones (excluding diaryl/α,β-unsaturated/α-hetero) is 1. The second-order valence-electron chi connectivity index (χ2n) is 4.54. The molecule has 1 aliphatic rings. The van der Waals surface area contributed by atoms with E-state index in [4.69, 9.17) is 9.47 Å². The van der Waals surface area contributed by atoms with E-state index >= 15 is 0 Å². The van der Waals surface area contributed by atoms with Gasteiger partial charge in [-0.25, -0.2) is 0 Å². The molecule has 1 aromatic heterocycles. The molecule has 18 heavy (non-hydrogen) atoms. The number of hydrogen-bond donors (Lipinski definition) is 0. The highest BCUT2D eigenvalue weighted by Gasteiger charge is 2.22. The summed E-state index contributed by atoms with van der Waals surface area (Å²) in [6.45, 7) is 2.13. The van der Waals surface area contributed by atoms with Crippen LogP contribution in [0.25, 0.3) is 0 Å². The molecule has 98 valence electrons. The van der Waals surface area contributed by atoms with Crippen molar-refractivity contribution in [1.82, 2.24) is 4.98 Å². The quantitative estimate of drug-likeness (QED) is 0.689. The third-order valence-corrected chi connectivity index (χ3v) is 3.13. The van der Waals surface area contributed by atoms with Crippen molar-refractivity contribution >= 4 is 5.78 Å². The molecule has 4 heteroatoms. The smallest absolute Gasteiger partial charge is 0.163 e. The first-order valence-electron chi connectivity index (χ1n) is 6.43. The van der Waals surface area contributed by atoms with Crippen molar-refractivity contribution in [3.8, 4) is 0 Å². The Morgan fingerprint density at radius 1 is 1.44 bits per heavy atom. The molecular formula is C14H19NO3. The standard InChI is InChI=1S/C14H19NO3/c16-14(13-5-9-18-10-13)11-17-8-1-2-12-3-6-15-7-4-12/h3-4,6-7,13H,1-2,5,8-11H2. The Morgan fingerprint density at radius 2 is 2.28 bits per heavy atom. The summed E-state index contributed by atoms with van der Waals surface area (Å²) in [5.41, 5.74) is 1.25. The van der Waals surface area contributed by atoms with Gasteiger partial charge in [0.05, 0.1) is 6.61 Å². The van der Waals surface area contributed by atoms with Gasteiger partial charge < -0.3 is 9.47 Å². The number of aromatic nitrogens is 1. The molecule has 0 N–H and O–H groups in total. The van der Waals surface area contributed by atoms with Crippen LogP contribution in [0.5, 0.6) is 0 Å². The third kappa shape index (κ3) is 4.20. The van der Waals surface area contributed by atoms with Gasteiger partial charge in [-0.15, -0.1) is 0 Å². The van der Waals surface area contributed by atoms with Crippen LogP contribution in [0, 0.1) is 5.92 Å². The molecule has 0 amide bonds. The van der Waals surface area contributed by atoms with Crippen molar-refractivity contribution in [3.63, 3.8) is 0 Å². The minimum atomic E-state index is 0.0604. The summed E-state index contributed by atoms with van der Waals surface area (Å²) >= 11 is 0. The van der Waals surface area contributed by atoms with Crippen LogP contribution in [0.2, 0.25) is 0 Å². The van der Waals surface area contributed by atoms with Gasteiger partial charge in [-0.3, -0.25) is 9.78 Å². The van der Waals surface area contributed by atoms with E-state index in [1.54, 1.807) is 12.4 Å². The number of carbonyl (C=O) groups excluding carboxylic acids is 1. The van der Waals surface area contributed by atoms with Crippen molar-refractivity contribution in [2.45, 2.75) is 19.3 Å². The van der Waals surface area contributed by atoms with Crippen molar-refractivity contribution in [1.29, 1.82) is 0 Å². The maximum Gasteiger partial charge on any atom is 0.163 e. The van der Waals surface area contributed by atoms with E-state index < -0.39 is 0 Å². The third-order valence-electron chi connectivity index (χ3n) is 3.13. The largest absolute Gasteiger partial charge is 0.381 e. The minimum absolute atomic E-state index is 0.0604. The highest BCUT2D eigenvalue weighted by atomic mass is 16.5. The predicted molar refractivity (Wildman–Crippen MR) is 67.3 cm³/mol. The zero-order valence-corrected chi connectivity index (χ0v) is 10.5. The van der Waals surface area contributed by atoms with Gasteiger partial charge in [0.15, 0.2) is 5.78 Å². The van der Waals surface area contributed by atoms with E-state index in [2.05, 4.69) is 4.98 Å². The van der Waals surface area contributed by atoms with Crippen LogP contribution in [0.4, 0.5) is 0 Å². The molecule has 1 aromatic rings. The summed E-state index contributed by atoms with van der Waals surface area (Å²) in [5, 5.41) is 0. The van der Waals surface area contributed by atoms with Gasteiger partial charge in [0.25, 0.3) is 0 Å². The molecule has 1 atom stereocenters. The molecule has 2 heterocycles. The number of ether oxygens (including phenoxy) is 2. The second-order valence-corrected chi connectivity index (χ2v) is 4.54. The number of rotatable bonds is 7. The van der Waals surface area contributed by atoms with Crippen molar-refractivity contribution in [2.24, 2.45) is 5.92 Å². The molecule has 1 aliphatic heterocycles. The molecule has 1 fully saturated rings. The van der Waals surface area contributed by atoms with E-state index in [1.165, 1.54) is 5.56 Å². The Balaban J connectivity index is 1.54. The molecule has 0 spiro atoms. The van der Waals surface area contributed by atoms with Gasteiger partial charge in [0.1, 0.15) is 6.61 Å². The zero-order chi connectivity index (χ0) is 12.6. The Hall–Kier alpha value is -1.26. The summed E-state index contributed by atoms with van der Waals surface area (Å²) in [6, 6.07) is 4.00. The fourth-order valence-corrected chi connectivity index (χ4v) is 2.01. The molecule has 0 radical (unpaired) electrons. The average molecular weight is 249 g/mol. The number of hydrogen-bond acceptors (Lipinski definition) is 4. The van der Waals surface area contributed by atoms with Gasteiger partial charge >= 0.3 is 0 Å². The van der Waals surface area contributed by atoms with Crippen LogP contribution in [0.15, 0.2) is 24.5 Å². The molecule has 4 nitrogen and oxygen atoms in total.